The highest BCUT2D eigenvalue weighted by molar-refractivity contribution is 6.04. The number of carbonyl (C=O) groups is 4. The molecule has 3 N–H and O–H groups in total. The fourth-order valence-electron chi connectivity index (χ4n) is 2.46. The highest BCUT2D eigenvalue weighted by Gasteiger charge is 2.38. The topological polar surface area (TPSA) is 110 Å². The van der Waals surface area contributed by atoms with Gasteiger partial charge in [-0.05, 0) is 24.1 Å². The molecule has 1 atom stereocenters. The van der Waals surface area contributed by atoms with E-state index in [1.165, 1.54) is 12.1 Å². The van der Waals surface area contributed by atoms with Gasteiger partial charge in [0.2, 0.25) is 17.7 Å². The van der Waals surface area contributed by atoms with Crippen molar-refractivity contribution in [2.45, 2.75) is 19.3 Å². The molecule has 122 valence electrons. The van der Waals surface area contributed by atoms with E-state index in [4.69, 9.17) is 5.73 Å². The third-order valence-electron chi connectivity index (χ3n) is 3.56. The summed E-state index contributed by atoms with van der Waals surface area (Å²) >= 11 is 0. The largest absolute Gasteiger partial charge is 0.351 e. The zero-order chi connectivity index (χ0) is 17.0. The predicted molar refractivity (Wildman–Crippen MR) is 77.3 cm³/mol. The van der Waals surface area contributed by atoms with Crippen molar-refractivity contribution in [1.82, 2.24) is 10.2 Å². The zero-order valence-electron chi connectivity index (χ0n) is 12.3. The van der Waals surface area contributed by atoms with Gasteiger partial charge in [0.05, 0.1) is 5.92 Å². The number of likely N-dealkylation sites (tertiary alicyclic amines) is 1. The van der Waals surface area contributed by atoms with Crippen molar-refractivity contribution < 1.29 is 23.6 Å². The van der Waals surface area contributed by atoms with Gasteiger partial charge in [0.1, 0.15) is 5.82 Å². The molecule has 1 aromatic carbocycles. The summed E-state index contributed by atoms with van der Waals surface area (Å²) in [5.74, 6) is -2.28. The highest BCUT2D eigenvalue weighted by Crippen LogP contribution is 2.23. The van der Waals surface area contributed by atoms with E-state index in [1.54, 1.807) is 12.1 Å². The molecule has 7 nitrogen and oxygen atoms in total. The Morgan fingerprint density at radius 3 is 2.52 bits per heavy atom. The Morgan fingerprint density at radius 2 is 1.91 bits per heavy atom. The summed E-state index contributed by atoms with van der Waals surface area (Å²) in [4.78, 5) is 47.0. The fourth-order valence-corrected chi connectivity index (χ4v) is 2.46. The Kier molecular flexibility index (Phi) is 5.05. The number of benzene rings is 1. The quantitative estimate of drug-likeness (QED) is 0.761. The molecule has 0 aliphatic carbocycles. The smallest absolute Gasteiger partial charge is 0.318 e. The number of rotatable bonds is 5. The number of carbonyl (C=O) groups excluding carboxylic acids is 4. The van der Waals surface area contributed by atoms with Crippen LogP contribution in [-0.2, 0) is 20.8 Å². The van der Waals surface area contributed by atoms with Crippen LogP contribution in [-0.4, -0.2) is 35.2 Å². The third-order valence-corrected chi connectivity index (χ3v) is 3.56. The van der Waals surface area contributed by atoms with Crippen molar-refractivity contribution in [3.63, 3.8) is 0 Å². The van der Waals surface area contributed by atoms with E-state index < -0.39 is 17.9 Å². The number of urea groups is 1. The lowest BCUT2D eigenvalue weighted by Gasteiger charge is -2.14. The average molecular weight is 321 g/mol. The van der Waals surface area contributed by atoms with E-state index >= 15 is 0 Å². The van der Waals surface area contributed by atoms with Crippen LogP contribution in [0.25, 0.3) is 0 Å². The van der Waals surface area contributed by atoms with Crippen LogP contribution in [0.3, 0.4) is 0 Å². The lowest BCUT2D eigenvalue weighted by atomic mass is 9.98. The molecule has 0 saturated carbocycles. The van der Waals surface area contributed by atoms with E-state index in [1.807, 2.05) is 5.32 Å². The van der Waals surface area contributed by atoms with Gasteiger partial charge in [-0.2, -0.15) is 0 Å². The molecule has 1 saturated heterocycles. The van der Waals surface area contributed by atoms with Gasteiger partial charge >= 0.3 is 6.03 Å². The molecular formula is C15H16FN3O4. The van der Waals surface area contributed by atoms with E-state index in [9.17, 15) is 23.6 Å². The molecule has 23 heavy (non-hydrogen) atoms. The molecule has 8 heteroatoms. The maximum absolute atomic E-state index is 12.9. The summed E-state index contributed by atoms with van der Waals surface area (Å²) in [6.45, 7) is -0.100. The van der Waals surface area contributed by atoms with Crippen molar-refractivity contribution in [2.24, 2.45) is 11.7 Å². The van der Waals surface area contributed by atoms with Crippen LogP contribution in [0.1, 0.15) is 18.4 Å². The minimum absolute atomic E-state index is 0.0493. The number of hydrogen-bond donors (Lipinski definition) is 2. The molecule has 0 aromatic heterocycles. The number of hydrogen-bond acceptors (Lipinski definition) is 4. The van der Waals surface area contributed by atoms with E-state index in [2.05, 4.69) is 0 Å². The van der Waals surface area contributed by atoms with Gasteiger partial charge in [-0.3, -0.25) is 24.6 Å². The Bertz CT molecular complexity index is 645. The molecule has 1 aliphatic heterocycles. The van der Waals surface area contributed by atoms with Gasteiger partial charge in [-0.1, -0.05) is 12.1 Å². The SMILES string of the molecule is NC(=O)NC(=O)CCN1C(=O)C[C@H](Cc2ccc(F)cc2)C1=O. The second-order valence-electron chi connectivity index (χ2n) is 5.28. The standard InChI is InChI=1S/C15H16FN3O4/c16-11-3-1-9(2-4-11)7-10-8-13(21)19(14(10)22)6-5-12(20)18-15(17)23/h1-4,10H,5-8H2,(H3,17,18,20,23)/t10-/m0/s1. The van der Waals surface area contributed by atoms with E-state index in [0.717, 1.165) is 10.5 Å². The second kappa shape index (κ2) is 6.99. The van der Waals surface area contributed by atoms with Crippen LogP contribution in [0, 0.1) is 11.7 Å². The second-order valence-corrected chi connectivity index (χ2v) is 5.28. The van der Waals surface area contributed by atoms with Crippen LogP contribution in [0.5, 0.6) is 0 Å². The molecule has 0 radical (unpaired) electrons. The lowest BCUT2D eigenvalue weighted by molar-refractivity contribution is -0.139. The van der Waals surface area contributed by atoms with Crippen LogP contribution in [0.4, 0.5) is 9.18 Å². The number of imide groups is 2. The molecule has 1 aliphatic rings. The van der Waals surface area contributed by atoms with Crippen molar-refractivity contribution in [2.75, 3.05) is 6.54 Å². The molecule has 0 unspecified atom stereocenters. The third kappa shape index (κ3) is 4.35. The number of amides is 5. The number of halogens is 1. The fraction of sp³-hybridized carbons (Fsp3) is 0.333. The van der Waals surface area contributed by atoms with Crippen molar-refractivity contribution >= 4 is 23.8 Å². The minimum atomic E-state index is -0.983. The van der Waals surface area contributed by atoms with Gasteiger partial charge in [-0.25, -0.2) is 9.18 Å². The molecule has 0 spiro atoms. The Balaban J connectivity index is 1.92. The highest BCUT2D eigenvalue weighted by atomic mass is 19.1. The average Bonchev–Trinajstić information content (AvgIpc) is 2.73. The molecule has 5 amide bonds. The first kappa shape index (κ1) is 16.6. The van der Waals surface area contributed by atoms with Crippen molar-refractivity contribution in [1.29, 1.82) is 0 Å². The number of nitrogens with zero attached hydrogens (tertiary/aromatic N) is 1. The van der Waals surface area contributed by atoms with Crippen LogP contribution in [0.15, 0.2) is 24.3 Å². The van der Waals surface area contributed by atoms with Crippen molar-refractivity contribution in [3.8, 4) is 0 Å². The van der Waals surface area contributed by atoms with Crippen LogP contribution < -0.4 is 11.1 Å². The summed E-state index contributed by atoms with van der Waals surface area (Å²) in [6.07, 6.45) is 0.187. The first-order valence-corrected chi connectivity index (χ1v) is 7.04. The molecule has 1 fully saturated rings. The van der Waals surface area contributed by atoms with Crippen LogP contribution >= 0.6 is 0 Å². The predicted octanol–water partition coefficient (Wildman–Crippen LogP) is 0.328. The van der Waals surface area contributed by atoms with Gasteiger partial charge in [0.15, 0.2) is 0 Å². The Labute approximate surface area is 131 Å². The maximum Gasteiger partial charge on any atom is 0.318 e. The number of primary amides is 1. The summed E-state index contributed by atoms with van der Waals surface area (Å²) in [6, 6.07) is 4.74. The van der Waals surface area contributed by atoms with Gasteiger partial charge in [0, 0.05) is 19.4 Å². The molecular weight excluding hydrogens is 305 g/mol. The van der Waals surface area contributed by atoms with E-state index in [0.29, 0.717) is 6.42 Å². The summed E-state index contributed by atoms with van der Waals surface area (Å²) in [5, 5.41) is 1.87. The molecule has 1 heterocycles. The zero-order valence-corrected chi connectivity index (χ0v) is 12.3. The number of nitrogens with two attached hydrogens (primary N) is 1. The molecule has 1 aromatic rings. The molecule has 2 rings (SSSR count). The lowest BCUT2D eigenvalue weighted by Crippen LogP contribution is -2.39. The van der Waals surface area contributed by atoms with Gasteiger partial charge in [-0.15, -0.1) is 0 Å². The van der Waals surface area contributed by atoms with Gasteiger partial charge < -0.3 is 5.73 Å². The summed E-state index contributed by atoms with van der Waals surface area (Å²) in [5.41, 5.74) is 5.56. The summed E-state index contributed by atoms with van der Waals surface area (Å²) in [7, 11) is 0. The number of nitrogens with one attached hydrogen (secondary N) is 1. The monoisotopic (exact) mass is 321 g/mol. The van der Waals surface area contributed by atoms with E-state index in [-0.39, 0.29) is 37.0 Å². The van der Waals surface area contributed by atoms with Crippen molar-refractivity contribution in [3.05, 3.63) is 35.6 Å². The Hall–Kier alpha value is -2.77. The minimum Gasteiger partial charge on any atom is -0.351 e. The Morgan fingerprint density at radius 1 is 1.26 bits per heavy atom. The first-order valence-electron chi connectivity index (χ1n) is 7.04. The van der Waals surface area contributed by atoms with Crippen LogP contribution in [0.2, 0.25) is 0 Å². The van der Waals surface area contributed by atoms with Gasteiger partial charge in [0.25, 0.3) is 0 Å². The molecule has 0 bridgehead atoms. The first-order chi connectivity index (χ1) is 10.9. The normalized spacial score (nSPS) is 17.4. The summed E-state index contributed by atoms with van der Waals surface area (Å²) < 4.78 is 12.9. The maximum atomic E-state index is 12.9.